The molecule has 0 saturated carbocycles. The maximum absolute atomic E-state index is 13.0. The SMILES string of the molecule is [B]N1C(=O)CCC(N2Cc3c(OCc4ccc(CN5CCOCC5)cc4)cccc3C2=O)C1=O. The van der Waals surface area contributed by atoms with Gasteiger partial charge in [-0.25, -0.2) is 0 Å². The summed E-state index contributed by atoms with van der Waals surface area (Å²) in [6.45, 7) is 4.99. The van der Waals surface area contributed by atoms with Gasteiger partial charge in [0.1, 0.15) is 18.4 Å². The second-order valence-electron chi connectivity index (χ2n) is 8.87. The highest BCUT2D eigenvalue weighted by molar-refractivity contribution is 6.26. The summed E-state index contributed by atoms with van der Waals surface area (Å²) < 4.78 is 11.5. The Labute approximate surface area is 199 Å². The number of hydrogen-bond acceptors (Lipinski definition) is 6. The molecule has 2 aromatic rings. The van der Waals surface area contributed by atoms with Crippen LogP contribution >= 0.6 is 0 Å². The molecule has 8 nitrogen and oxygen atoms in total. The minimum absolute atomic E-state index is 0.137. The fourth-order valence-electron chi connectivity index (χ4n) is 4.71. The predicted octanol–water partition coefficient (Wildman–Crippen LogP) is 1.65. The zero-order chi connectivity index (χ0) is 23.7. The average molecular weight is 459 g/mol. The lowest BCUT2D eigenvalue weighted by Crippen LogP contribution is -2.53. The molecular weight excluding hydrogens is 433 g/mol. The summed E-state index contributed by atoms with van der Waals surface area (Å²) in [4.78, 5) is 41.7. The molecule has 3 heterocycles. The van der Waals surface area contributed by atoms with Gasteiger partial charge in [-0.05, 0) is 29.7 Å². The third-order valence-corrected chi connectivity index (χ3v) is 6.68. The van der Waals surface area contributed by atoms with Crippen molar-refractivity contribution in [1.29, 1.82) is 0 Å². The Bertz CT molecular complexity index is 1100. The van der Waals surface area contributed by atoms with E-state index in [4.69, 9.17) is 17.5 Å². The number of morpholine rings is 1. The molecule has 0 aliphatic carbocycles. The van der Waals surface area contributed by atoms with Gasteiger partial charge in [0.15, 0.2) is 0 Å². The molecule has 2 aromatic carbocycles. The zero-order valence-corrected chi connectivity index (χ0v) is 18.9. The van der Waals surface area contributed by atoms with E-state index in [0.29, 0.717) is 22.7 Å². The molecule has 2 fully saturated rings. The molecule has 2 saturated heterocycles. The molecule has 174 valence electrons. The molecule has 0 N–H and O–H groups in total. The summed E-state index contributed by atoms with van der Waals surface area (Å²) in [6, 6.07) is 13.0. The van der Waals surface area contributed by atoms with E-state index in [0.717, 1.165) is 44.0 Å². The quantitative estimate of drug-likeness (QED) is 0.483. The lowest BCUT2D eigenvalue weighted by atomic mass is 9.99. The van der Waals surface area contributed by atoms with Crippen molar-refractivity contribution in [2.45, 2.75) is 38.6 Å². The van der Waals surface area contributed by atoms with Crippen molar-refractivity contribution in [2.75, 3.05) is 26.3 Å². The molecule has 3 amide bonds. The third-order valence-electron chi connectivity index (χ3n) is 6.68. The lowest BCUT2D eigenvalue weighted by Gasteiger charge is -2.34. The first-order valence-corrected chi connectivity index (χ1v) is 11.6. The molecular formula is C25H26BN3O5. The van der Waals surface area contributed by atoms with Crippen molar-refractivity contribution in [3.8, 4) is 5.75 Å². The van der Waals surface area contributed by atoms with Gasteiger partial charge in [-0.1, -0.05) is 30.3 Å². The Morgan fingerprint density at radius 3 is 2.50 bits per heavy atom. The van der Waals surface area contributed by atoms with E-state index in [1.54, 1.807) is 12.1 Å². The van der Waals surface area contributed by atoms with E-state index in [2.05, 4.69) is 29.2 Å². The summed E-state index contributed by atoms with van der Waals surface area (Å²) in [5.74, 6) is -0.592. The standard InChI is InChI=1S/C25H26BN3O5/c26-29-23(30)9-8-21(25(29)32)28-15-20-19(24(28)31)2-1-3-22(20)34-16-18-6-4-17(5-7-18)14-27-10-12-33-13-11-27/h1-7,21H,8-16H2. The van der Waals surface area contributed by atoms with Crippen LogP contribution in [0.4, 0.5) is 0 Å². The van der Waals surface area contributed by atoms with Gasteiger partial charge in [0.05, 0.1) is 19.8 Å². The number of hydrogen-bond donors (Lipinski definition) is 0. The number of ether oxygens (including phenoxy) is 2. The highest BCUT2D eigenvalue weighted by atomic mass is 16.5. The molecule has 1 atom stereocenters. The van der Waals surface area contributed by atoms with Crippen LogP contribution < -0.4 is 4.74 Å². The molecule has 3 aliphatic heterocycles. The number of fused-ring (bicyclic) bond motifs is 1. The highest BCUT2D eigenvalue weighted by Crippen LogP contribution is 2.34. The Morgan fingerprint density at radius 1 is 1.00 bits per heavy atom. The number of benzene rings is 2. The van der Waals surface area contributed by atoms with Crippen molar-refractivity contribution >= 4 is 25.7 Å². The first-order chi connectivity index (χ1) is 16.5. The fraction of sp³-hybridized carbons (Fsp3) is 0.400. The molecule has 0 bridgehead atoms. The molecule has 34 heavy (non-hydrogen) atoms. The van der Waals surface area contributed by atoms with E-state index in [-0.39, 0.29) is 25.3 Å². The Hall–Kier alpha value is -3.17. The van der Waals surface area contributed by atoms with E-state index in [1.807, 2.05) is 6.07 Å². The second kappa shape index (κ2) is 9.60. The van der Waals surface area contributed by atoms with Crippen molar-refractivity contribution in [2.24, 2.45) is 0 Å². The van der Waals surface area contributed by atoms with E-state index >= 15 is 0 Å². The molecule has 5 rings (SSSR count). The summed E-state index contributed by atoms with van der Waals surface area (Å²) in [6.07, 6.45) is 0.413. The van der Waals surface area contributed by atoms with Gasteiger partial charge in [-0.2, -0.15) is 0 Å². The van der Waals surface area contributed by atoms with Crippen LogP contribution in [-0.4, -0.2) is 72.7 Å². The van der Waals surface area contributed by atoms with Gasteiger partial charge in [-0.15, -0.1) is 0 Å². The zero-order valence-electron chi connectivity index (χ0n) is 18.9. The Morgan fingerprint density at radius 2 is 1.74 bits per heavy atom. The summed E-state index contributed by atoms with van der Waals surface area (Å²) in [5.41, 5.74) is 3.55. The van der Waals surface area contributed by atoms with Crippen molar-refractivity contribution < 1.29 is 23.9 Å². The molecule has 3 aliphatic rings. The number of imide groups is 1. The number of carbonyl (C=O) groups excluding carboxylic acids is 3. The van der Waals surface area contributed by atoms with Gasteiger partial charge >= 0.3 is 0 Å². The highest BCUT2D eigenvalue weighted by Gasteiger charge is 2.41. The van der Waals surface area contributed by atoms with Crippen molar-refractivity contribution in [3.05, 3.63) is 64.7 Å². The van der Waals surface area contributed by atoms with Gasteiger partial charge in [0.25, 0.3) is 5.91 Å². The lowest BCUT2D eigenvalue weighted by molar-refractivity contribution is -0.145. The van der Waals surface area contributed by atoms with E-state index < -0.39 is 17.9 Å². The van der Waals surface area contributed by atoms with Crippen LogP contribution in [-0.2, 0) is 34.0 Å². The minimum atomic E-state index is -0.741. The van der Waals surface area contributed by atoms with Crippen LogP contribution in [0.25, 0.3) is 0 Å². The fourth-order valence-corrected chi connectivity index (χ4v) is 4.71. The Balaban J connectivity index is 1.24. The molecule has 9 heteroatoms. The summed E-state index contributed by atoms with van der Waals surface area (Å²) in [5, 5.41) is 0. The summed E-state index contributed by atoms with van der Waals surface area (Å²) >= 11 is 0. The molecule has 1 unspecified atom stereocenters. The van der Waals surface area contributed by atoms with Crippen LogP contribution in [0.5, 0.6) is 5.75 Å². The molecule has 0 spiro atoms. The van der Waals surface area contributed by atoms with Gasteiger partial charge in [0.2, 0.25) is 19.8 Å². The van der Waals surface area contributed by atoms with Crippen LogP contribution in [0, 0.1) is 0 Å². The van der Waals surface area contributed by atoms with Crippen molar-refractivity contribution in [3.63, 3.8) is 0 Å². The maximum atomic E-state index is 13.0. The van der Waals surface area contributed by atoms with Crippen LogP contribution in [0.1, 0.15) is 39.9 Å². The van der Waals surface area contributed by atoms with Crippen LogP contribution in [0.3, 0.4) is 0 Å². The number of amides is 3. The van der Waals surface area contributed by atoms with Gasteiger partial charge in [0, 0.05) is 37.2 Å². The third kappa shape index (κ3) is 4.45. The van der Waals surface area contributed by atoms with Crippen LogP contribution in [0.2, 0.25) is 0 Å². The Kier molecular flexibility index (Phi) is 6.39. The number of nitrogens with zero attached hydrogens (tertiary/aromatic N) is 3. The minimum Gasteiger partial charge on any atom is -0.489 e. The molecule has 0 aromatic heterocycles. The number of piperidine rings is 1. The second-order valence-corrected chi connectivity index (χ2v) is 8.87. The molecule has 2 radical (unpaired) electrons. The van der Waals surface area contributed by atoms with Crippen molar-refractivity contribution in [1.82, 2.24) is 14.6 Å². The first-order valence-electron chi connectivity index (χ1n) is 11.6. The monoisotopic (exact) mass is 459 g/mol. The van der Waals surface area contributed by atoms with E-state index in [9.17, 15) is 14.4 Å². The average Bonchev–Trinajstić information content (AvgIpc) is 3.20. The topological polar surface area (TPSA) is 79.4 Å². The summed E-state index contributed by atoms with van der Waals surface area (Å²) in [7, 11) is 5.60. The van der Waals surface area contributed by atoms with E-state index in [1.165, 1.54) is 10.5 Å². The number of carbonyl (C=O) groups is 3. The predicted molar refractivity (Wildman–Crippen MR) is 124 cm³/mol. The first kappa shape index (κ1) is 22.6. The maximum Gasteiger partial charge on any atom is 0.255 e. The van der Waals surface area contributed by atoms with Gasteiger partial charge < -0.3 is 19.2 Å². The van der Waals surface area contributed by atoms with Crippen LogP contribution in [0.15, 0.2) is 42.5 Å². The van der Waals surface area contributed by atoms with Gasteiger partial charge in [-0.3, -0.25) is 19.3 Å². The smallest absolute Gasteiger partial charge is 0.255 e. The largest absolute Gasteiger partial charge is 0.489 e. The normalized spacial score (nSPS) is 21.2. The number of rotatable bonds is 6.